The van der Waals surface area contributed by atoms with Gasteiger partial charge in [0.15, 0.2) is 0 Å². The summed E-state index contributed by atoms with van der Waals surface area (Å²) in [6.07, 6.45) is 2.57. The number of anilines is 3. The van der Waals surface area contributed by atoms with Crippen LogP contribution in [0, 0.1) is 0 Å². The van der Waals surface area contributed by atoms with E-state index in [0.717, 1.165) is 56.0 Å². The lowest BCUT2D eigenvalue weighted by atomic mass is 10.1. The Hall–Kier alpha value is -2.74. The maximum atomic E-state index is 12.9. The van der Waals surface area contributed by atoms with Crippen LogP contribution >= 0.6 is 23.2 Å². The molecule has 186 valence electrons. The SMILES string of the molecule is CCOC(=O)c1cnc2cc(OC)c(N3CCCN(CC)CC3)cc2c1Nc1cccc(Cl)c1Cl. The van der Waals surface area contributed by atoms with Gasteiger partial charge in [-0.05, 0) is 44.6 Å². The summed E-state index contributed by atoms with van der Waals surface area (Å²) in [5.74, 6) is 0.277. The number of nitrogens with one attached hydrogen (secondary N) is 1. The molecule has 0 unspecified atom stereocenters. The van der Waals surface area contributed by atoms with Crippen molar-refractivity contribution in [2.24, 2.45) is 0 Å². The van der Waals surface area contributed by atoms with Gasteiger partial charge in [-0.15, -0.1) is 0 Å². The lowest BCUT2D eigenvalue weighted by molar-refractivity contribution is 0.0527. The van der Waals surface area contributed by atoms with Gasteiger partial charge in [0.2, 0.25) is 0 Å². The van der Waals surface area contributed by atoms with Crippen molar-refractivity contribution >= 4 is 57.1 Å². The molecular formula is C26H30Cl2N4O3. The maximum absolute atomic E-state index is 12.9. The van der Waals surface area contributed by atoms with E-state index in [1.807, 2.05) is 18.2 Å². The van der Waals surface area contributed by atoms with E-state index in [9.17, 15) is 4.79 Å². The first-order valence-electron chi connectivity index (χ1n) is 11.8. The molecule has 3 aromatic rings. The summed E-state index contributed by atoms with van der Waals surface area (Å²) in [6.45, 7) is 9.08. The minimum absolute atomic E-state index is 0.254. The van der Waals surface area contributed by atoms with Crippen LogP contribution in [0.1, 0.15) is 30.6 Å². The molecule has 9 heteroatoms. The molecule has 1 saturated heterocycles. The van der Waals surface area contributed by atoms with E-state index in [0.29, 0.717) is 32.5 Å². The highest BCUT2D eigenvalue weighted by Gasteiger charge is 2.23. The van der Waals surface area contributed by atoms with Crippen LogP contribution in [0.2, 0.25) is 10.0 Å². The fraction of sp³-hybridized carbons (Fsp3) is 0.385. The average Bonchev–Trinajstić information content (AvgIpc) is 3.12. The Labute approximate surface area is 215 Å². The lowest BCUT2D eigenvalue weighted by Gasteiger charge is -2.26. The molecule has 35 heavy (non-hydrogen) atoms. The summed E-state index contributed by atoms with van der Waals surface area (Å²) in [5.41, 5.74) is 3.11. The van der Waals surface area contributed by atoms with Crippen LogP contribution in [0.25, 0.3) is 10.9 Å². The van der Waals surface area contributed by atoms with Gasteiger partial charge in [0.25, 0.3) is 0 Å². The van der Waals surface area contributed by atoms with E-state index in [4.69, 9.17) is 32.7 Å². The number of methoxy groups -OCH3 is 1. The first kappa shape index (κ1) is 25.4. The maximum Gasteiger partial charge on any atom is 0.341 e. The molecule has 0 radical (unpaired) electrons. The zero-order valence-corrected chi connectivity index (χ0v) is 21.7. The minimum atomic E-state index is -0.465. The normalized spacial score (nSPS) is 14.6. The van der Waals surface area contributed by atoms with Crippen molar-refractivity contribution in [3.8, 4) is 5.75 Å². The zero-order chi connectivity index (χ0) is 24.9. The first-order valence-corrected chi connectivity index (χ1v) is 12.6. The number of nitrogens with zero attached hydrogens (tertiary/aromatic N) is 3. The number of hydrogen-bond acceptors (Lipinski definition) is 7. The molecule has 1 fully saturated rings. The van der Waals surface area contributed by atoms with Crippen LogP contribution in [0.3, 0.4) is 0 Å². The summed E-state index contributed by atoms with van der Waals surface area (Å²) in [4.78, 5) is 22.2. The van der Waals surface area contributed by atoms with Gasteiger partial charge >= 0.3 is 5.97 Å². The third-order valence-corrected chi connectivity index (χ3v) is 7.07. The van der Waals surface area contributed by atoms with Gasteiger partial charge in [-0.3, -0.25) is 4.98 Å². The molecule has 2 aromatic carbocycles. The number of benzene rings is 2. The number of fused-ring (bicyclic) bond motifs is 1. The highest BCUT2D eigenvalue weighted by atomic mass is 35.5. The number of carbonyl (C=O) groups excluding carboxylic acids is 1. The molecular weight excluding hydrogens is 487 g/mol. The molecule has 7 nitrogen and oxygen atoms in total. The van der Waals surface area contributed by atoms with Crippen molar-refractivity contribution in [1.29, 1.82) is 0 Å². The van der Waals surface area contributed by atoms with Crippen molar-refractivity contribution in [2.75, 3.05) is 56.7 Å². The Balaban J connectivity index is 1.87. The molecule has 0 spiro atoms. The van der Waals surface area contributed by atoms with Gasteiger partial charge in [-0.1, -0.05) is 36.2 Å². The second-order valence-electron chi connectivity index (χ2n) is 8.31. The van der Waals surface area contributed by atoms with E-state index >= 15 is 0 Å². The molecule has 0 amide bonds. The number of carbonyl (C=O) groups is 1. The molecule has 1 N–H and O–H groups in total. The molecule has 1 aliphatic rings. The van der Waals surface area contributed by atoms with E-state index in [1.54, 1.807) is 26.2 Å². The topological polar surface area (TPSA) is 66.9 Å². The van der Waals surface area contributed by atoms with Crippen molar-refractivity contribution < 1.29 is 14.3 Å². The summed E-state index contributed by atoms with van der Waals surface area (Å²) in [7, 11) is 1.67. The molecule has 1 aromatic heterocycles. The fourth-order valence-electron chi connectivity index (χ4n) is 4.38. The summed E-state index contributed by atoms with van der Waals surface area (Å²) in [6, 6.07) is 9.27. The number of likely N-dealkylation sites (N-methyl/N-ethyl adjacent to an activating group) is 1. The van der Waals surface area contributed by atoms with Gasteiger partial charge in [0, 0.05) is 37.3 Å². The van der Waals surface area contributed by atoms with Crippen LogP contribution < -0.4 is 15.0 Å². The highest BCUT2D eigenvalue weighted by molar-refractivity contribution is 6.43. The van der Waals surface area contributed by atoms with Gasteiger partial charge in [-0.25, -0.2) is 4.79 Å². The first-order chi connectivity index (χ1) is 17.0. The summed E-state index contributed by atoms with van der Waals surface area (Å²) >= 11 is 12.7. The number of hydrogen-bond donors (Lipinski definition) is 1. The van der Waals surface area contributed by atoms with Crippen LogP contribution in [0.4, 0.5) is 17.1 Å². The minimum Gasteiger partial charge on any atom is -0.495 e. The van der Waals surface area contributed by atoms with Gasteiger partial charge in [-0.2, -0.15) is 0 Å². The quantitative estimate of drug-likeness (QED) is 0.386. The Morgan fingerprint density at radius 1 is 1.14 bits per heavy atom. The standard InChI is InChI=1S/C26H30Cl2N4O3/c1-4-31-10-7-11-32(13-12-31)22-14-17-21(15-23(22)34-3)29-16-18(26(33)35-5-2)25(17)30-20-9-6-8-19(27)24(20)28/h6,8-9,14-16H,4-5,7,10-13H2,1-3H3,(H,29,30). The predicted octanol–water partition coefficient (Wildman–Crippen LogP) is 6.00. The van der Waals surface area contributed by atoms with Crippen molar-refractivity contribution in [3.63, 3.8) is 0 Å². The van der Waals surface area contributed by atoms with E-state index in [2.05, 4.69) is 27.0 Å². The second kappa shape index (κ2) is 11.3. The number of aromatic nitrogens is 1. The molecule has 2 heterocycles. The number of ether oxygens (including phenoxy) is 2. The predicted molar refractivity (Wildman–Crippen MR) is 143 cm³/mol. The summed E-state index contributed by atoms with van der Waals surface area (Å²) in [5, 5.41) is 4.89. The zero-order valence-electron chi connectivity index (χ0n) is 20.2. The fourth-order valence-corrected chi connectivity index (χ4v) is 4.73. The molecule has 1 aliphatic heterocycles. The lowest BCUT2D eigenvalue weighted by Crippen LogP contribution is -2.30. The largest absolute Gasteiger partial charge is 0.495 e. The monoisotopic (exact) mass is 516 g/mol. The van der Waals surface area contributed by atoms with Crippen molar-refractivity contribution in [2.45, 2.75) is 20.3 Å². The van der Waals surface area contributed by atoms with Gasteiger partial charge < -0.3 is 24.6 Å². The Morgan fingerprint density at radius 3 is 2.71 bits per heavy atom. The average molecular weight is 517 g/mol. The Kier molecular flexibility index (Phi) is 8.21. The Morgan fingerprint density at radius 2 is 1.97 bits per heavy atom. The van der Waals surface area contributed by atoms with Gasteiger partial charge in [0.05, 0.1) is 46.3 Å². The van der Waals surface area contributed by atoms with Crippen LogP contribution in [-0.2, 0) is 4.74 Å². The highest BCUT2D eigenvalue weighted by Crippen LogP contribution is 2.40. The smallest absolute Gasteiger partial charge is 0.341 e. The molecule has 0 atom stereocenters. The third kappa shape index (κ3) is 5.42. The van der Waals surface area contributed by atoms with Crippen LogP contribution in [0.5, 0.6) is 5.75 Å². The van der Waals surface area contributed by atoms with Gasteiger partial charge in [0.1, 0.15) is 11.3 Å². The summed E-state index contributed by atoms with van der Waals surface area (Å²) < 4.78 is 11.1. The number of rotatable bonds is 7. The van der Waals surface area contributed by atoms with Crippen molar-refractivity contribution in [3.05, 3.63) is 52.1 Å². The number of halogens is 2. The molecule has 0 bridgehead atoms. The van der Waals surface area contributed by atoms with Crippen LogP contribution in [-0.4, -0.2) is 62.3 Å². The Bertz CT molecular complexity index is 1220. The van der Waals surface area contributed by atoms with Crippen LogP contribution in [0.15, 0.2) is 36.5 Å². The van der Waals surface area contributed by atoms with E-state index in [1.165, 1.54) is 6.20 Å². The van der Waals surface area contributed by atoms with Crippen molar-refractivity contribution in [1.82, 2.24) is 9.88 Å². The molecule has 0 aliphatic carbocycles. The molecule has 0 saturated carbocycles. The third-order valence-electron chi connectivity index (χ3n) is 6.25. The second-order valence-corrected chi connectivity index (χ2v) is 9.09. The van der Waals surface area contributed by atoms with E-state index in [-0.39, 0.29) is 6.61 Å². The molecule has 4 rings (SSSR count). The number of pyridine rings is 1. The number of esters is 1. The van der Waals surface area contributed by atoms with E-state index < -0.39 is 5.97 Å².